The zero-order valence-electron chi connectivity index (χ0n) is 13.5. The van der Waals surface area contributed by atoms with Gasteiger partial charge in [0.25, 0.3) is 0 Å². The van der Waals surface area contributed by atoms with Gasteiger partial charge in [0.15, 0.2) is 0 Å². The largest absolute Gasteiger partial charge is 0.481 e. The van der Waals surface area contributed by atoms with Gasteiger partial charge in [-0.05, 0) is 18.1 Å². The second-order valence-electron chi connectivity index (χ2n) is 7.11. The molecule has 2 N–H and O–H groups in total. The molecule has 2 fully saturated rings. The summed E-state index contributed by atoms with van der Waals surface area (Å²) in [5.41, 5.74) is 1.50. The Balaban J connectivity index is 1.37. The number of likely N-dealkylation sites (tertiary alicyclic amines) is 1. The monoisotopic (exact) mass is 338 g/mol. The minimum absolute atomic E-state index is 0.0981. The molecule has 1 aromatic heterocycles. The van der Waals surface area contributed by atoms with Gasteiger partial charge in [-0.15, -0.1) is 0 Å². The second kappa shape index (κ2) is 4.95. The number of carboxylic acid groups (broad SMARTS) is 1. The molecule has 2 bridgehead atoms. The molecule has 6 heteroatoms. The predicted molar refractivity (Wildman–Crippen MR) is 89.9 cm³/mol. The molecular formula is C19H18N2O4. The molecule has 1 aromatic carbocycles. The van der Waals surface area contributed by atoms with E-state index < -0.39 is 29.5 Å². The maximum atomic E-state index is 12.9. The van der Waals surface area contributed by atoms with Gasteiger partial charge < -0.3 is 19.7 Å². The van der Waals surface area contributed by atoms with Crippen LogP contribution in [0.2, 0.25) is 0 Å². The summed E-state index contributed by atoms with van der Waals surface area (Å²) in [6.45, 7) is 1.00. The van der Waals surface area contributed by atoms with Crippen molar-refractivity contribution in [3.05, 3.63) is 48.2 Å². The van der Waals surface area contributed by atoms with Crippen LogP contribution in [0.4, 0.5) is 0 Å². The maximum absolute atomic E-state index is 12.9. The van der Waals surface area contributed by atoms with E-state index in [9.17, 15) is 14.7 Å². The lowest BCUT2D eigenvalue weighted by molar-refractivity contribution is -0.148. The number of H-pyrrole nitrogens is 1. The van der Waals surface area contributed by atoms with Gasteiger partial charge in [0.05, 0.1) is 18.6 Å². The number of para-hydroxylation sites is 1. The van der Waals surface area contributed by atoms with Gasteiger partial charge in [0, 0.05) is 23.6 Å². The number of amides is 1. The number of hydrogen-bond donors (Lipinski definition) is 2. The third-order valence-electron chi connectivity index (χ3n) is 5.79. The molecule has 0 saturated carbocycles. The molecule has 0 radical (unpaired) electrons. The third-order valence-corrected chi connectivity index (χ3v) is 5.79. The second-order valence-corrected chi connectivity index (χ2v) is 7.11. The minimum Gasteiger partial charge on any atom is -0.481 e. The number of ether oxygens (including phenoxy) is 1. The first-order chi connectivity index (χ1) is 12.1. The molecule has 0 unspecified atom stereocenters. The highest BCUT2D eigenvalue weighted by molar-refractivity contribution is 5.91. The molecule has 5 rings (SSSR count). The highest BCUT2D eigenvalue weighted by Crippen LogP contribution is 2.51. The number of nitrogens with zero attached hydrogens (tertiary/aromatic N) is 1. The molecule has 0 aliphatic carbocycles. The number of rotatable bonds is 4. The standard InChI is InChI=1S/C19H18N2O4/c22-17-16-15(18(23)24)14-5-7-19(16,25-14)10-21(17)8-6-11-9-20-13-4-2-1-3-12(11)13/h1-5,7,9,14-16,20H,6,8,10H2,(H,23,24)/t14-,15-,16+,19-/m0/s1. The molecule has 4 atom stereocenters. The van der Waals surface area contributed by atoms with Crippen LogP contribution in [0, 0.1) is 11.8 Å². The number of carbonyl (C=O) groups is 2. The topological polar surface area (TPSA) is 82.6 Å². The van der Waals surface area contributed by atoms with Crippen molar-refractivity contribution in [2.45, 2.75) is 18.1 Å². The lowest BCUT2D eigenvalue weighted by Gasteiger charge is -2.21. The Morgan fingerprint density at radius 3 is 3.08 bits per heavy atom. The lowest BCUT2D eigenvalue weighted by Crippen LogP contribution is -2.39. The first-order valence-electron chi connectivity index (χ1n) is 8.53. The van der Waals surface area contributed by atoms with Crippen LogP contribution in [0.5, 0.6) is 0 Å². The molecule has 2 aromatic rings. The first kappa shape index (κ1) is 14.7. The molecule has 6 nitrogen and oxygen atoms in total. The Labute approximate surface area is 144 Å². The summed E-state index contributed by atoms with van der Waals surface area (Å²) in [5, 5.41) is 10.7. The fourth-order valence-electron chi connectivity index (χ4n) is 4.64. The zero-order valence-corrected chi connectivity index (χ0v) is 13.5. The summed E-state index contributed by atoms with van der Waals surface area (Å²) in [5.74, 6) is -2.41. The molecule has 3 aliphatic heterocycles. The van der Waals surface area contributed by atoms with Crippen molar-refractivity contribution < 1.29 is 19.4 Å². The van der Waals surface area contributed by atoms with Crippen molar-refractivity contribution >= 4 is 22.8 Å². The highest BCUT2D eigenvalue weighted by atomic mass is 16.5. The summed E-state index contributed by atoms with van der Waals surface area (Å²) in [6.07, 6.45) is 5.93. The Morgan fingerprint density at radius 2 is 2.24 bits per heavy atom. The Bertz CT molecular complexity index is 917. The van der Waals surface area contributed by atoms with Crippen molar-refractivity contribution in [1.82, 2.24) is 9.88 Å². The smallest absolute Gasteiger partial charge is 0.310 e. The zero-order chi connectivity index (χ0) is 17.2. The molecule has 3 aliphatic rings. The summed E-state index contributed by atoms with van der Waals surface area (Å²) in [7, 11) is 0. The number of hydrogen-bond acceptors (Lipinski definition) is 3. The van der Waals surface area contributed by atoms with E-state index in [1.807, 2.05) is 30.5 Å². The van der Waals surface area contributed by atoms with E-state index in [-0.39, 0.29) is 5.91 Å². The number of aromatic amines is 1. The van der Waals surface area contributed by atoms with E-state index in [0.29, 0.717) is 13.1 Å². The van der Waals surface area contributed by atoms with Crippen LogP contribution in [0.25, 0.3) is 10.9 Å². The molecule has 2 saturated heterocycles. The van der Waals surface area contributed by atoms with Gasteiger partial charge in [0.1, 0.15) is 11.5 Å². The van der Waals surface area contributed by atoms with Crippen molar-refractivity contribution in [2.24, 2.45) is 11.8 Å². The highest BCUT2D eigenvalue weighted by Gasteiger charge is 2.66. The van der Waals surface area contributed by atoms with Crippen LogP contribution in [0.15, 0.2) is 42.6 Å². The fourth-order valence-corrected chi connectivity index (χ4v) is 4.64. The molecule has 4 heterocycles. The lowest BCUT2D eigenvalue weighted by atomic mass is 9.77. The number of benzene rings is 1. The summed E-state index contributed by atoms with van der Waals surface area (Å²) < 4.78 is 5.91. The average molecular weight is 338 g/mol. The van der Waals surface area contributed by atoms with Crippen LogP contribution >= 0.6 is 0 Å². The van der Waals surface area contributed by atoms with Gasteiger partial charge in [-0.3, -0.25) is 9.59 Å². The van der Waals surface area contributed by atoms with Crippen LogP contribution in [0.3, 0.4) is 0 Å². The summed E-state index contributed by atoms with van der Waals surface area (Å²) >= 11 is 0. The number of nitrogens with one attached hydrogen (secondary N) is 1. The predicted octanol–water partition coefficient (Wildman–Crippen LogP) is 1.58. The van der Waals surface area contributed by atoms with Crippen LogP contribution in [-0.4, -0.2) is 51.7 Å². The SMILES string of the molecule is O=C(O)[C@H]1[C@@H]2C=C[C@@]3(CN(CCc4c[nH]c5ccccc45)C(=O)[C@@H]13)O2. The molecule has 1 spiro atoms. The molecule has 1 amide bonds. The quantitative estimate of drug-likeness (QED) is 0.829. The first-order valence-corrected chi connectivity index (χ1v) is 8.53. The molecule has 25 heavy (non-hydrogen) atoms. The van der Waals surface area contributed by atoms with Crippen molar-refractivity contribution in [1.29, 1.82) is 0 Å². The van der Waals surface area contributed by atoms with E-state index in [0.717, 1.165) is 22.9 Å². The van der Waals surface area contributed by atoms with E-state index in [1.54, 1.807) is 11.0 Å². The molecule has 128 valence electrons. The van der Waals surface area contributed by atoms with Gasteiger partial charge in [0.2, 0.25) is 5.91 Å². The van der Waals surface area contributed by atoms with Crippen molar-refractivity contribution in [3.8, 4) is 0 Å². The fraction of sp³-hybridized carbons (Fsp3) is 0.368. The Kier molecular flexibility index (Phi) is 2.92. The Morgan fingerprint density at radius 1 is 1.40 bits per heavy atom. The van der Waals surface area contributed by atoms with Crippen LogP contribution in [0.1, 0.15) is 5.56 Å². The van der Waals surface area contributed by atoms with Gasteiger partial charge in [-0.2, -0.15) is 0 Å². The van der Waals surface area contributed by atoms with Crippen LogP contribution < -0.4 is 0 Å². The number of aliphatic carboxylic acids is 1. The normalized spacial score (nSPS) is 32.7. The maximum Gasteiger partial charge on any atom is 0.310 e. The third kappa shape index (κ3) is 1.94. The van der Waals surface area contributed by atoms with Gasteiger partial charge >= 0.3 is 5.97 Å². The number of carboxylic acids is 1. The number of fused-ring (bicyclic) bond motifs is 2. The summed E-state index contributed by atoms with van der Waals surface area (Å²) in [4.78, 5) is 29.4. The van der Waals surface area contributed by atoms with E-state index in [1.165, 1.54) is 0 Å². The van der Waals surface area contributed by atoms with Gasteiger partial charge in [-0.1, -0.05) is 30.4 Å². The number of aromatic nitrogens is 1. The number of carbonyl (C=O) groups excluding carboxylic acids is 1. The van der Waals surface area contributed by atoms with Crippen molar-refractivity contribution in [2.75, 3.05) is 13.1 Å². The Hall–Kier alpha value is -2.60. The van der Waals surface area contributed by atoms with Gasteiger partial charge in [-0.25, -0.2) is 0 Å². The van der Waals surface area contributed by atoms with E-state index in [4.69, 9.17) is 4.74 Å². The van der Waals surface area contributed by atoms with E-state index in [2.05, 4.69) is 11.1 Å². The van der Waals surface area contributed by atoms with Crippen molar-refractivity contribution in [3.63, 3.8) is 0 Å². The minimum atomic E-state index is -0.951. The average Bonchev–Trinajstić information content (AvgIpc) is 3.33. The molecular weight excluding hydrogens is 320 g/mol. The van der Waals surface area contributed by atoms with Crippen LogP contribution in [-0.2, 0) is 20.7 Å². The van der Waals surface area contributed by atoms with E-state index >= 15 is 0 Å². The summed E-state index contributed by atoms with van der Waals surface area (Å²) in [6, 6.07) is 8.07.